The fourth-order valence-corrected chi connectivity index (χ4v) is 0.490. The molecule has 2 nitrogen and oxygen atoms in total. The first kappa shape index (κ1) is 10.8. The summed E-state index contributed by atoms with van der Waals surface area (Å²) in [4.78, 5) is 0. The normalized spacial score (nSPS) is 7.43. The molecule has 0 unspecified atom stereocenters. The van der Waals surface area contributed by atoms with Crippen molar-refractivity contribution in [3.8, 4) is 0 Å². The van der Waals surface area contributed by atoms with Gasteiger partial charge in [0.2, 0.25) is 13.8 Å². The van der Waals surface area contributed by atoms with E-state index in [1.165, 1.54) is 13.8 Å². The minimum Gasteiger partial charge on any atom is -0.290 e. The molecule has 0 N–H and O–H groups in total. The molecular formula is B2O2P2Zn. The van der Waals surface area contributed by atoms with Crippen molar-refractivity contribution in [2.75, 3.05) is 0 Å². The molecule has 0 aliphatic carbocycles. The Hall–Kier alpha value is 0.953. The SMILES string of the molecule is O=P[B][B]P=O.[Zn]. The van der Waals surface area contributed by atoms with E-state index in [-0.39, 0.29) is 36.2 Å². The van der Waals surface area contributed by atoms with Crippen LogP contribution in [-0.4, -0.2) is 13.8 Å². The Kier molecular flexibility index (Phi) is 15.6. The van der Waals surface area contributed by atoms with Gasteiger partial charge >= 0.3 is 0 Å². The van der Waals surface area contributed by atoms with Crippen molar-refractivity contribution in [2.24, 2.45) is 0 Å². The van der Waals surface area contributed by atoms with Crippen LogP contribution in [0.2, 0.25) is 0 Å². The van der Waals surface area contributed by atoms with Crippen LogP contribution in [0.25, 0.3) is 0 Å². The summed E-state index contributed by atoms with van der Waals surface area (Å²) < 4.78 is 18.9. The van der Waals surface area contributed by atoms with E-state index in [1.54, 1.807) is 0 Å². The van der Waals surface area contributed by atoms with Gasteiger partial charge in [-0.15, -0.1) is 0 Å². The largest absolute Gasteiger partial charge is 0.290 e. The molecule has 0 saturated carbocycles. The summed E-state index contributed by atoms with van der Waals surface area (Å²) in [6, 6.07) is 0. The van der Waals surface area contributed by atoms with Gasteiger partial charge in [0.1, 0.15) is 0 Å². The zero-order valence-corrected chi connectivity index (χ0v) is 8.33. The molecule has 0 heterocycles. The Balaban J connectivity index is 0. The van der Waals surface area contributed by atoms with Gasteiger partial charge in [0, 0.05) is 19.5 Å². The van der Waals surface area contributed by atoms with Crippen LogP contribution in [-0.2, 0) is 28.6 Å². The molecule has 0 aliphatic rings. The van der Waals surface area contributed by atoms with Crippen LogP contribution in [0.3, 0.4) is 0 Å². The fourth-order valence-electron chi connectivity index (χ4n) is 0.0544. The standard InChI is InChI=1S/B2O2P2.Zn/c3-5-1-2-6-4;. The maximum atomic E-state index is 9.43. The second-order valence-electron chi connectivity index (χ2n) is 0.509. The van der Waals surface area contributed by atoms with E-state index in [4.69, 9.17) is 0 Å². The van der Waals surface area contributed by atoms with Gasteiger partial charge in [-0.25, -0.2) is 0 Å². The van der Waals surface area contributed by atoms with Gasteiger partial charge in [-0.2, -0.15) is 0 Å². The summed E-state index contributed by atoms with van der Waals surface area (Å²) in [5.41, 5.74) is 0. The van der Waals surface area contributed by atoms with Crippen molar-refractivity contribution < 1.29 is 28.6 Å². The molecule has 0 aromatic heterocycles. The predicted octanol–water partition coefficient (Wildman–Crippen LogP) is 0.721. The molecule has 0 saturated heterocycles. The first-order valence-corrected chi connectivity index (χ1v) is 2.98. The monoisotopic (exact) mass is 180 g/mol. The van der Waals surface area contributed by atoms with Gasteiger partial charge in [0.05, 0.1) is 16.7 Å². The summed E-state index contributed by atoms with van der Waals surface area (Å²) in [5.74, 6) is 0. The number of rotatable bonds is 3. The van der Waals surface area contributed by atoms with Crippen LogP contribution in [0.4, 0.5) is 0 Å². The van der Waals surface area contributed by atoms with Gasteiger partial charge in [-0.05, 0) is 0 Å². The third-order valence-corrected chi connectivity index (χ3v) is 0.965. The summed E-state index contributed by atoms with van der Waals surface area (Å²) >= 11 is 0. The first-order chi connectivity index (χ1) is 2.91. The Bertz CT molecular complexity index is 49.7. The molecule has 0 fully saturated rings. The van der Waals surface area contributed by atoms with Crippen molar-refractivity contribution in [2.45, 2.75) is 0 Å². The van der Waals surface area contributed by atoms with Gasteiger partial charge < -0.3 is 0 Å². The topological polar surface area (TPSA) is 34.1 Å². The van der Waals surface area contributed by atoms with Crippen molar-refractivity contribution in [3.05, 3.63) is 0 Å². The molecule has 7 heavy (non-hydrogen) atoms. The van der Waals surface area contributed by atoms with Gasteiger partial charge in [-0.3, -0.25) is 9.13 Å². The van der Waals surface area contributed by atoms with E-state index < -0.39 is 0 Å². The van der Waals surface area contributed by atoms with Crippen LogP contribution in [0.15, 0.2) is 0 Å². The van der Waals surface area contributed by atoms with Crippen molar-refractivity contribution in [1.29, 1.82) is 0 Å². The Morgan fingerprint density at radius 2 is 1.29 bits per heavy atom. The van der Waals surface area contributed by atoms with E-state index in [9.17, 15) is 9.13 Å². The molecule has 0 aliphatic heterocycles. The van der Waals surface area contributed by atoms with E-state index >= 15 is 0 Å². The summed E-state index contributed by atoms with van der Waals surface area (Å²) in [7, 11) is -0.184. The average molecular weight is 181 g/mol. The van der Waals surface area contributed by atoms with Crippen LogP contribution in [0.5, 0.6) is 0 Å². The first-order valence-electron chi connectivity index (χ1n) is 1.21. The minimum atomic E-state index is -0.0921. The van der Waals surface area contributed by atoms with Crippen LogP contribution >= 0.6 is 16.7 Å². The fraction of sp³-hybridized carbons (Fsp3) is 0. The maximum Gasteiger partial charge on any atom is 0.212 e. The summed E-state index contributed by atoms with van der Waals surface area (Å²) in [6.07, 6.45) is 0. The van der Waals surface area contributed by atoms with Gasteiger partial charge in [0.25, 0.3) is 0 Å². The molecule has 7 heteroatoms. The molecule has 30 valence electrons. The Morgan fingerprint density at radius 3 is 1.43 bits per heavy atom. The second-order valence-corrected chi connectivity index (χ2v) is 1.53. The van der Waals surface area contributed by atoms with E-state index in [0.717, 1.165) is 0 Å². The molecule has 0 aromatic carbocycles. The molecule has 0 aromatic rings. The van der Waals surface area contributed by atoms with Crippen LogP contribution in [0.1, 0.15) is 0 Å². The average Bonchev–Trinajstić information content (AvgIpc) is 1.61. The summed E-state index contributed by atoms with van der Waals surface area (Å²) in [5, 5.41) is 0. The maximum absolute atomic E-state index is 9.43. The van der Waals surface area contributed by atoms with Crippen molar-refractivity contribution >= 4 is 30.5 Å². The van der Waals surface area contributed by atoms with Crippen molar-refractivity contribution in [3.63, 3.8) is 0 Å². The second kappa shape index (κ2) is 10.0. The zero-order chi connectivity index (χ0) is 4.83. The third kappa shape index (κ3) is 10.9. The molecule has 0 bridgehead atoms. The molecule has 0 atom stereocenters. The zero-order valence-electron chi connectivity index (χ0n) is 3.57. The van der Waals surface area contributed by atoms with E-state index in [2.05, 4.69) is 0 Å². The van der Waals surface area contributed by atoms with Gasteiger partial charge in [0.15, 0.2) is 0 Å². The van der Waals surface area contributed by atoms with Crippen molar-refractivity contribution in [1.82, 2.24) is 0 Å². The minimum absolute atomic E-state index is 0. The molecule has 0 amide bonds. The number of hydrogen-bond acceptors (Lipinski definition) is 2. The Labute approximate surface area is 59.4 Å². The molecular weight excluding hydrogens is 181 g/mol. The quantitative estimate of drug-likeness (QED) is 0.365. The number of hydrogen-bond donors (Lipinski definition) is 0. The smallest absolute Gasteiger partial charge is 0.212 e. The van der Waals surface area contributed by atoms with E-state index in [1.807, 2.05) is 0 Å². The van der Waals surface area contributed by atoms with Gasteiger partial charge in [-0.1, -0.05) is 0 Å². The van der Waals surface area contributed by atoms with Crippen LogP contribution < -0.4 is 0 Å². The molecule has 2 radical (unpaired) electrons. The summed E-state index contributed by atoms with van der Waals surface area (Å²) in [6.45, 7) is 2.54. The van der Waals surface area contributed by atoms with Crippen LogP contribution in [0, 0.1) is 0 Å². The Morgan fingerprint density at radius 1 is 1.00 bits per heavy atom. The predicted molar refractivity (Wildman–Crippen MR) is 26.7 cm³/mol. The van der Waals surface area contributed by atoms with E-state index in [0.29, 0.717) is 0 Å². The molecule has 0 rings (SSSR count). The third-order valence-electron chi connectivity index (χ3n) is 0.188. The molecule has 0 spiro atoms.